The maximum atomic E-state index is 13.1. The van der Waals surface area contributed by atoms with Crippen molar-refractivity contribution < 1.29 is 13.9 Å². The van der Waals surface area contributed by atoms with Gasteiger partial charge in [-0.1, -0.05) is 29.3 Å². The number of aryl methyl sites for hydroxylation is 1. The van der Waals surface area contributed by atoms with E-state index in [1.165, 1.54) is 0 Å². The van der Waals surface area contributed by atoms with Crippen LogP contribution in [0.1, 0.15) is 66.6 Å². The van der Waals surface area contributed by atoms with Crippen molar-refractivity contribution in [1.29, 1.82) is 0 Å². The number of carbonyl (C=O) groups excluding carboxylic acids is 1. The molecular weight excluding hydrogens is 432 g/mol. The Morgan fingerprint density at radius 3 is 2.66 bits per heavy atom. The Labute approximate surface area is 178 Å². The number of benzene rings is 1. The predicted octanol–water partition coefficient (Wildman–Crippen LogP) is 5.60. The van der Waals surface area contributed by atoms with Crippen molar-refractivity contribution in [2.45, 2.75) is 58.7 Å². The van der Waals surface area contributed by atoms with Gasteiger partial charge in [-0.2, -0.15) is 0 Å². The molecule has 4 rings (SSSR count). The number of furan rings is 1. The zero-order valence-corrected chi connectivity index (χ0v) is 18.6. The number of nitrogen functional groups attached to an aromatic ring is 1. The van der Waals surface area contributed by atoms with E-state index in [1.54, 1.807) is 12.1 Å². The number of halogens is 1. The third-order valence-corrected chi connectivity index (χ3v) is 6.00. The van der Waals surface area contributed by atoms with E-state index in [1.807, 2.05) is 12.1 Å². The number of ketones is 1. The largest absolute Gasteiger partial charge is 0.432 e. The van der Waals surface area contributed by atoms with E-state index < -0.39 is 0 Å². The summed E-state index contributed by atoms with van der Waals surface area (Å²) in [4.78, 5) is 17.8. The highest BCUT2D eigenvalue weighted by atomic mass is 79.9. The Balaban J connectivity index is 1.88. The van der Waals surface area contributed by atoms with Gasteiger partial charge in [0.15, 0.2) is 0 Å². The number of nitrogens with two attached hydrogens (primary N) is 1. The SMILES string of the molecule is CCCCc1nc2oc(C(=O)c3ccc(Br)cc3)c(N)c2c2c1COC(C)(C)C2. The van der Waals surface area contributed by atoms with Crippen LogP contribution in [0.3, 0.4) is 0 Å². The summed E-state index contributed by atoms with van der Waals surface area (Å²) in [6, 6.07) is 7.17. The molecule has 3 aromatic rings. The molecule has 2 aromatic heterocycles. The zero-order valence-electron chi connectivity index (χ0n) is 17.0. The fourth-order valence-electron chi connectivity index (χ4n) is 3.88. The molecule has 29 heavy (non-hydrogen) atoms. The van der Waals surface area contributed by atoms with Crippen molar-refractivity contribution in [3.63, 3.8) is 0 Å². The molecule has 6 heteroatoms. The molecule has 5 nitrogen and oxygen atoms in total. The van der Waals surface area contributed by atoms with E-state index in [0.29, 0.717) is 30.0 Å². The summed E-state index contributed by atoms with van der Waals surface area (Å²) in [5.74, 6) is -0.0721. The molecule has 152 valence electrons. The van der Waals surface area contributed by atoms with E-state index >= 15 is 0 Å². The molecule has 0 radical (unpaired) electrons. The summed E-state index contributed by atoms with van der Waals surface area (Å²) in [6.07, 6.45) is 3.68. The molecule has 0 saturated heterocycles. The topological polar surface area (TPSA) is 78.4 Å². The van der Waals surface area contributed by atoms with Gasteiger partial charge in [-0.15, -0.1) is 0 Å². The first kappa shape index (κ1) is 20.1. The Kier molecular flexibility index (Phi) is 5.25. The molecule has 0 atom stereocenters. The lowest BCUT2D eigenvalue weighted by atomic mass is 9.88. The van der Waals surface area contributed by atoms with Gasteiger partial charge in [-0.3, -0.25) is 4.79 Å². The first-order chi connectivity index (χ1) is 13.8. The highest BCUT2D eigenvalue weighted by Crippen LogP contribution is 2.39. The third-order valence-electron chi connectivity index (χ3n) is 5.47. The maximum Gasteiger partial charge on any atom is 0.230 e. The smallest absolute Gasteiger partial charge is 0.230 e. The van der Waals surface area contributed by atoms with Crippen LogP contribution >= 0.6 is 15.9 Å². The zero-order chi connectivity index (χ0) is 20.8. The molecule has 0 saturated carbocycles. The van der Waals surface area contributed by atoms with Gasteiger partial charge in [0.2, 0.25) is 17.3 Å². The third kappa shape index (κ3) is 3.71. The van der Waals surface area contributed by atoms with E-state index in [4.69, 9.17) is 19.9 Å². The summed E-state index contributed by atoms with van der Waals surface area (Å²) >= 11 is 3.39. The van der Waals surface area contributed by atoms with Crippen LogP contribution in [0.25, 0.3) is 11.1 Å². The average Bonchev–Trinajstić information content (AvgIpc) is 3.02. The van der Waals surface area contributed by atoms with Gasteiger partial charge >= 0.3 is 0 Å². The van der Waals surface area contributed by atoms with Crippen molar-refractivity contribution in [2.75, 3.05) is 5.73 Å². The minimum Gasteiger partial charge on any atom is -0.432 e. The molecule has 1 aliphatic heterocycles. The van der Waals surface area contributed by atoms with Gasteiger partial charge in [0.1, 0.15) is 0 Å². The first-order valence-corrected chi connectivity index (χ1v) is 10.8. The highest BCUT2D eigenvalue weighted by Gasteiger charge is 2.33. The number of hydrogen-bond acceptors (Lipinski definition) is 5. The van der Waals surface area contributed by atoms with E-state index in [2.05, 4.69) is 36.7 Å². The van der Waals surface area contributed by atoms with Gasteiger partial charge in [0, 0.05) is 22.0 Å². The maximum absolute atomic E-state index is 13.1. The molecule has 1 aliphatic rings. The summed E-state index contributed by atoms with van der Waals surface area (Å²) in [5, 5.41) is 0.761. The Bertz CT molecular complexity index is 1080. The number of unbranched alkanes of at least 4 members (excludes halogenated alkanes) is 1. The van der Waals surface area contributed by atoms with Crippen LogP contribution < -0.4 is 5.73 Å². The monoisotopic (exact) mass is 456 g/mol. The van der Waals surface area contributed by atoms with Crippen molar-refractivity contribution in [3.05, 3.63) is 56.9 Å². The quantitative estimate of drug-likeness (QED) is 0.505. The second-order valence-corrected chi connectivity index (χ2v) is 9.12. The summed E-state index contributed by atoms with van der Waals surface area (Å²) in [6.45, 7) is 6.80. The van der Waals surface area contributed by atoms with Crippen LogP contribution in [0.4, 0.5) is 5.69 Å². The highest BCUT2D eigenvalue weighted by molar-refractivity contribution is 9.10. The van der Waals surface area contributed by atoms with E-state index in [0.717, 1.165) is 45.9 Å². The number of ether oxygens (including phenoxy) is 1. The number of aromatic nitrogens is 1. The number of carbonyl (C=O) groups is 1. The molecule has 0 aliphatic carbocycles. The molecule has 0 bridgehead atoms. The van der Waals surface area contributed by atoms with E-state index in [-0.39, 0.29) is 17.1 Å². The van der Waals surface area contributed by atoms with Gasteiger partial charge in [0.25, 0.3) is 0 Å². The minimum atomic E-state index is -0.303. The Morgan fingerprint density at radius 1 is 1.24 bits per heavy atom. The molecule has 0 fully saturated rings. The van der Waals surface area contributed by atoms with Gasteiger partial charge in [0.05, 0.1) is 29.0 Å². The number of anilines is 1. The lowest BCUT2D eigenvalue weighted by Gasteiger charge is -2.33. The number of nitrogens with zero attached hydrogens (tertiary/aromatic N) is 1. The molecule has 0 unspecified atom stereocenters. The van der Waals surface area contributed by atoms with Crippen LogP contribution in [-0.2, 0) is 24.2 Å². The molecule has 1 aromatic carbocycles. The minimum absolute atomic E-state index is 0.161. The van der Waals surface area contributed by atoms with Gasteiger partial charge in [-0.25, -0.2) is 4.98 Å². The van der Waals surface area contributed by atoms with Crippen molar-refractivity contribution in [1.82, 2.24) is 4.98 Å². The van der Waals surface area contributed by atoms with Crippen LogP contribution in [0.5, 0.6) is 0 Å². The van der Waals surface area contributed by atoms with Gasteiger partial charge in [-0.05, 0) is 56.5 Å². The molecule has 2 N–H and O–H groups in total. The van der Waals surface area contributed by atoms with Crippen LogP contribution in [0, 0.1) is 0 Å². The first-order valence-electron chi connectivity index (χ1n) is 9.97. The average molecular weight is 457 g/mol. The number of rotatable bonds is 5. The van der Waals surface area contributed by atoms with E-state index in [9.17, 15) is 4.79 Å². The lowest BCUT2D eigenvalue weighted by Crippen LogP contribution is -2.32. The fourth-order valence-corrected chi connectivity index (χ4v) is 4.14. The molecular formula is C23H25BrN2O3. The molecule has 0 amide bonds. The summed E-state index contributed by atoms with van der Waals surface area (Å²) < 4.78 is 12.9. The Morgan fingerprint density at radius 2 is 1.97 bits per heavy atom. The lowest BCUT2D eigenvalue weighted by molar-refractivity contribution is -0.0401. The van der Waals surface area contributed by atoms with Crippen LogP contribution in [0.2, 0.25) is 0 Å². The van der Waals surface area contributed by atoms with Gasteiger partial charge < -0.3 is 14.9 Å². The molecule has 3 heterocycles. The Hall–Kier alpha value is -2.18. The summed E-state index contributed by atoms with van der Waals surface area (Å²) in [5.41, 5.74) is 10.7. The van der Waals surface area contributed by atoms with Crippen molar-refractivity contribution in [3.8, 4) is 0 Å². The molecule has 0 spiro atoms. The number of pyridine rings is 1. The summed E-state index contributed by atoms with van der Waals surface area (Å²) in [7, 11) is 0. The number of hydrogen-bond donors (Lipinski definition) is 1. The van der Waals surface area contributed by atoms with Crippen molar-refractivity contribution in [2.24, 2.45) is 0 Å². The predicted molar refractivity (Wildman–Crippen MR) is 117 cm³/mol. The standard InChI is InChI=1S/C23H25BrN2O3/c1-4-5-6-17-16-12-28-23(2,3)11-15(16)18-19(25)21(29-22(18)26-17)20(27)13-7-9-14(24)10-8-13/h7-10H,4-6,11-12,25H2,1-3H3. The van der Waals surface area contributed by atoms with Crippen molar-refractivity contribution >= 4 is 38.5 Å². The second kappa shape index (κ2) is 7.58. The number of fused-ring (bicyclic) bond motifs is 3. The van der Waals surface area contributed by atoms with Crippen LogP contribution in [-0.4, -0.2) is 16.4 Å². The second-order valence-electron chi connectivity index (χ2n) is 8.21. The fraction of sp³-hybridized carbons (Fsp3) is 0.391. The normalized spacial score (nSPS) is 15.4. The van der Waals surface area contributed by atoms with Crippen LogP contribution in [0.15, 0.2) is 33.2 Å².